The standard InChI is InChI=1S/C18H18N4OS/c1-15-6-8-17(9-7-15)24-11-10-23-18-5-3-2-4-16(18)12-21-22-13-19-20-14-22/h2-9,12-14H,10-11H2,1H3/b21-12-. The van der Waals surface area contributed by atoms with Gasteiger partial charge in [0, 0.05) is 16.2 Å². The largest absolute Gasteiger partial charge is 0.492 e. The van der Waals surface area contributed by atoms with Crippen molar-refractivity contribution in [3.63, 3.8) is 0 Å². The van der Waals surface area contributed by atoms with Gasteiger partial charge in [-0.2, -0.15) is 5.10 Å². The highest BCUT2D eigenvalue weighted by atomic mass is 32.2. The maximum absolute atomic E-state index is 5.90. The minimum absolute atomic E-state index is 0.635. The van der Waals surface area contributed by atoms with E-state index in [1.807, 2.05) is 24.3 Å². The number of aryl methyl sites for hydroxylation is 1. The fraction of sp³-hybridized carbons (Fsp3) is 0.167. The topological polar surface area (TPSA) is 52.3 Å². The molecule has 1 heterocycles. The number of rotatable bonds is 7. The predicted molar refractivity (Wildman–Crippen MR) is 96.9 cm³/mol. The van der Waals surface area contributed by atoms with Gasteiger partial charge in [0.15, 0.2) is 0 Å². The SMILES string of the molecule is Cc1ccc(SCCOc2ccccc2/C=N\n2cnnc2)cc1. The third-order valence-corrected chi connectivity index (χ3v) is 4.26. The van der Waals surface area contributed by atoms with E-state index in [4.69, 9.17) is 4.74 Å². The Morgan fingerprint density at radius 3 is 2.62 bits per heavy atom. The van der Waals surface area contributed by atoms with Crippen LogP contribution in [0, 0.1) is 6.92 Å². The minimum atomic E-state index is 0.635. The Hall–Kier alpha value is -2.60. The first kappa shape index (κ1) is 16.3. The summed E-state index contributed by atoms with van der Waals surface area (Å²) in [4.78, 5) is 1.26. The van der Waals surface area contributed by atoms with Crippen molar-refractivity contribution in [3.8, 4) is 5.75 Å². The number of benzene rings is 2. The Morgan fingerprint density at radius 2 is 1.83 bits per heavy atom. The molecule has 0 radical (unpaired) electrons. The van der Waals surface area contributed by atoms with Gasteiger partial charge >= 0.3 is 0 Å². The molecule has 0 unspecified atom stereocenters. The number of para-hydroxylation sites is 1. The van der Waals surface area contributed by atoms with Gasteiger partial charge in [-0.25, -0.2) is 4.68 Å². The first-order valence-corrected chi connectivity index (χ1v) is 8.60. The highest BCUT2D eigenvalue weighted by Crippen LogP contribution is 2.20. The average molecular weight is 338 g/mol. The summed E-state index contributed by atoms with van der Waals surface area (Å²) in [7, 11) is 0. The Bertz CT molecular complexity index is 785. The lowest BCUT2D eigenvalue weighted by Gasteiger charge is -2.09. The first-order chi connectivity index (χ1) is 11.8. The third-order valence-electron chi connectivity index (χ3n) is 3.29. The van der Waals surface area contributed by atoms with Crippen LogP contribution in [0.15, 0.2) is 71.2 Å². The zero-order valence-electron chi connectivity index (χ0n) is 13.4. The maximum atomic E-state index is 5.90. The summed E-state index contributed by atoms with van der Waals surface area (Å²) < 4.78 is 7.45. The molecule has 0 saturated carbocycles. The normalized spacial score (nSPS) is 11.0. The van der Waals surface area contributed by atoms with Crippen molar-refractivity contribution in [2.75, 3.05) is 12.4 Å². The maximum Gasteiger partial charge on any atom is 0.141 e. The Labute approximate surface area is 145 Å². The monoisotopic (exact) mass is 338 g/mol. The zero-order valence-corrected chi connectivity index (χ0v) is 14.2. The Balaban J connectivity index is 1.54. The van der Waals surface area contributed by atoms with Crippen molar-refractivity contribution in [1.82, 2.24) is 14.9 Å². The molecule has 3 aromatic rings. The number of ether oxygens (including phenoxy) is 1. The zero-order chi connectivity index (χ0) is 16.6. The van der Waals surface area contributed by atoms with E-state index < -0.39 is 0 Å². The molecule has 3 rings (SSSR count). The van der Waals surface area contributed by atoms with Crippen molar-refractivity contribution < 1.29 is 4.74 Å². The van der Waals surface area contributed by atoms with Crippen molar-refractivity contribution in [3.05, 3.63) is 72.3 Å². The van der Waals surface area contributed by atoms with Crippen molar-refractivity contribution in [1.29, 1.82) is 0 Å². The van der Waals surface area contributed by atoms with E-state index in [0.717, 1.165) is 17.1 Å². The lowest BCUT2D eigenvalue weighted by Crippen LogP contribution is -2.02. The van der Waals surface area contributed by atoms with Gasteiger partial charge in [0.25, 0.3) is 0 Å². The van der Waals surface area contributed by atoms with Gasteiger partial charge in [0.1, 0.15) is 18.4 Å². The molecule has 0 atom stereocenters. The summed E-state index contributed by atoms with van der Waals surface area (Å²) in [5.41, 5.74) is 2.20. The highest BCUT2D eigenvalue weighted by Gasteiger charge is 2.01. The summed E-state index contributed by atoms with van der Waals surface area (Å²) in [5, 5.41) is 11.7. The van der Waals surface area contributed by atoms with Crippen LogP contribution in [0.1, 0.15) is 11.1 Å². The van der Waals surface area contributed by atoms with E-state index in [2.05, 4.69) is 46.5 Å². The molecule has 0 aliphatic rings. The van der Waals surface area contributed by atoms with Crippen LogP contribution >= 0.6 is 11.8 Å². The van der Waals surface area contributed by atoms with Crippen LogP contribution in [0.5, 0.6) is 5.75 Å². The first-order valence-electron chi connectivity index (χ1n) is 7.61. The quantitative estimate of drug-likeness (QED) is 0.375. The molecule has 5 nitrogen and oxygen atoms in total. The van der Waals surface area contributed by atoms with Crippen LogP contribution in [0.2, 0.25) is 0 Å². The Morgan fingerprint density at radius 1 is 1.08 bits per heavy atom. The van der Waals surface area contributed by atoms with E-state index in [0.29, 0.717) is 6.61 Å². The molecular weight excluding hydrogens is 320 g/mol. The molecule has 1 aromatic heterocycles. The summed E-state index contributed by atoms with van der Waals surface area (Å²) in [5.74, 6) is 1.71. The molecule has 0 aliphatic heterocycles. The molecular formula is C18H18N4OS. The van der Waals surface area contributed by atoms with E-state index >= 15 is 0 Å². The van der Waals surface area contributed by atoms with Gasteiger partial charge in [-0.1, -0.05) is 29.8 Å². The second-order valence-corrected chi connectivity index (χ2v) is 6.30. The van der Waals surface area contributed by atoms with Gasteiger partial charge in [-0.15, -0.1) is 22.0 Å². The summed E-state index contributed by atoms with van der Waals surface area (Å²) >= 11 is 1.79. The summed E-state index contributed by atoms with van der Waals surface area (Å²) in [6.45, 7) is 2.73. The van der Waals surface area contributed by atoms with Crippen LogP contribution in [0.3, 0.4) is 0 Å². The third kappa shape index (κ3) is 4.70. The molecule has 0 N–H and O–H groups in total. The second-order valence-electron chi connectivity index (χ2n) is 5.13. The van der Waals surface area contributed by atoms with Gasteiger partial charge < -0.3 is 4.74 Å². The van der Waals surface area contributed by atoms with E-state index in [1.54, 1.807) is 22.7 Å². The number of hydrogen-bond donors (Lipinski definition) is 0. The molecule has 0 spiro atoms. The van der Waals surface area contributed by atoms with Crippen molar-refractivity contribution >= 4 is 18.0 Å². The molecule has 0 fully saturated rings. The van der Waals surface area contributed by atoms with Gasteiger partial charge in [0.2, 0.25) is 0 Å². The lowest BCUT2D eigenvalue weighted by molar-refractivity contribution is 0.343. The summed E-state index contributed by atoms with van der Waals surface area (Å²) in [6.07, 6.45) is 4.82. The van der Waals surface area contributed by atoms with E-state index in [-0.39, 0.29) is 0 Å². The predicted octanol–water partition coefficient (Wildman–Crippen LogP) is 3.64. The van der Waals surface area contributed by atoms with Crippen LogP contribution < -0.4 is 4.74 Å². The van der Waals surface area contributed by atoms with Gasteiger partial charge in [-0.3, -0.25) is 0 Å². The van der Waals surface area contributed by atoms with Crippen LogP contribution in [0.25, 0.3) is 0 Å². The fourth-order valence-corrected chi connectivity index (χ4v) is 2.78. The number of nitrogens with zero attached hydrogens (tertiary/aromatic N) is 4. The van der Waals surface area contributed by atoms with Crippen LogP contribution in [-0.4, -0.2) is 33.4 Å². The van der Waals surface area contributed by atoms with Gasteiger partial charge in [0.05, 0.1) is 12.8 Å². The molecule has 122 valence electrons. The number of thioether (sulfide) groups is 1. The second kappa shape index (κ2) is 8.31. The van der Waals surface area contributed by atoms with Crippen molar-refractivity contribution in [2.24, 2.45) is 5.10 Å². The van der Waals surface area contributed by atoms with Crippen LogP contribution in [0.4, 0.5) is 0 Å². The molecule has 0 aliphatic carbocycles. The van der Waals surface area contributed by atoms with Crippen molar-refractivity contribution in [2.45, 2.75) is 11.8 Å². The molecule has 0 amide bonds. The van der Waals surface area contributed by atoms with E-state index in [1.165, 1.54) is 23.1 Å². The number of aromatic nitrogens is 3. The summed E-state index contributed by atoms with van der Waals surface area (Å²) in [6, 6.07) is 16.4. The van der Waals surface area contributed by atoms with Gasteiger partial charge in [-0.05, 0) is 31.2 Å². The average Bonchev–Trinajstić information content (AvgIpc) is 3.13. The minimum Gasteiger partial charge on any atom is -0.492 e. The molecule has 2 aromatic carbocycles. The fourth-order valence-electron chi connectivity index (χ4n) is 2.05. The number of hydrogen-bond acceptors (Lipinski definition) is 5. The lowest BCUT2D eigenvalue weighted by atomic mass is 10.2. The molecule has 0 bridgehead atoms. The molecule has 0 saturated heterocycles. The van der Waals surface area contributed by atoms with E-state index in [9.17, 15) is 0 Å². The molecule has 6 heteroatoms. The Kier molecular flexibility index (Phi) is 5.63. The molecule has 24 heavy (non-hydrogen) atoms. The van der Waals surface area contributed by atoms with Crippen LogP contribution in [-0.2, 0) is 0 Å². The smallest absolute Gasteiger partial charge is 0.141 e. The highest BCUT2D eigenvalue weighted by molar-refractivity contribution is 7.99.